The van der Waals surface area contributed by atoms with Gasteiger partial charge in [0.2, 0.25) is 0 Å². The zero-order chi connectivity index (χ0) is 13.5. The van der Waals surface area contributed by atoms with Gasteiger partial charge in [0.1, 0.15) is 13.2 Å². The van der Waals surface area contributed by atoms with Crippen molar-refractivity contribution in [3.8, 4) is 11.5 Å². The van der Waals surface area contributed by atoms with E-state index in [1.54, 1.807) is 0 Å². The minimum Gasteiger partial charge on any atom is -0.486 e. The van der Waals surface area contributed by atoms with Crippen molar-refractivity contribution in [1.82, 2.24) is 0 Å². The van der Waals surface area contributed by atoms with Crippen LogP contribution in [0.3, 0.4) is 0 Å². The third-order valence-electron chi connectivity index (χ3n) is 3.18. The third-order valence-corrected chi connectivity index (χ3v) is 3.18. The van der Waals surface area contributed by atoms with E-state index < -0.39 is 0 Å². The van der Waals surface area contributed by atoms with E-state index >= 15 is 0 Å². The van der Waals surface area contributed by atoms with Gasteiger partial charge in [0.15, 0.2) is 11.5 Å². The molecule has 1 aromatic carbocycles. The van der Waals surface area contributed by atoms with Gasteiger partial charge in [-0.2, -0.15) is 0 Å². The monoisotopic (exact) mass is 265 g/mol. The topological polar surface area (TPSA) is 53.7 Å². The standard InChI is InChI=1S/C15H23NO3/c1-2-3-4-7-17-11-13(16)12-5-6-14-15(10-12)19-9-8-18-14/h5-6,10,13H,2-4,7-9,11,16H2,1H3. The first-order valence-electron chi connectivity index (χ1n) is 7.04. The number of hydrogen-bond donors (Lipinski definition) is 1. The summed E-state index contributed by atoms with van der Waals surface area (Å²) in [6, 6.07) is 5.74. The summed E-state index contributed by atoms with van der Waals surface area (Å²) >= 11 is 0. The van der Waals surface area contributed by atoms with Gasteiger partial charge in [-0.3, -0.25) is 0 Å². The maximum Gasteiger partial charge on any atom is 0.161 e. The highest BCUT2D eigenvalue weighted by molar-refractivity contribution is 5.44. The average Bonchev–Trinajstić information content (AvgIpc) is 2.46. The quantitative estimate of drug-likeness (QED) is 0.770. The molecule has 0 spiro atoms. The molecule has 0 amide bonds. The molecule has 1 heterocycles. The fourth-order valence-corrected chi connectivity index (χ4v) is 2.05. The Kier molecular flexibility index (Phi) is 5.48. The van der Waals surface area contributed by atoms with Crippen molar-refractivity contribution < 1.29 is 14.2 Å². The number of unbranched alkanes of at least 4 members (excludes halogenated alkanes) is 2. The summed E-state index contributed by atoms with van der Waals surface area (Å²) < 4.78 is 16.6. The molecule has 2 rings (SSSR count). The lowest BCUT2D eigenvalue weighted by Gasteiger charge is -2.20. The van der Waals surface area contributed by atoms with Gasteiger partial charge < -0.3 is 19.9 Å². The molecule has 1 aliphatic heterocycles. The maximum absolute atomic E-state index is 6.12. The molecule has 1 aliphatic rings. The summed E-state index contributed by atoms with van der Waals surface area (Å²) in [7, 11) is 0. The lowest BCUT2D eigenvalue weighted by molar-refractivity contribution is 0.117. The third kappa shape index (κ3) is 4.11. The van der Waals surface area contributed by atoms with Crippen LogP contribution in [0.5, 0.6) is 11.5 Å². The normalized spacial score (nSPS) is 15.3. The molecule has 0 saturated heterocycles. The fraction of sp³-hybridized carbons (Fsp3) is 0.600. The second-order valence-electron chi connectivity index (χ2n) is 4.79. The van der Waals surface area contributed by atoms with E-state index in [1.807, 2.05) is 18.2 Å². The van der Waals surface area contributed by atoms with E-state index in [-0.39, 0.29) is 6.04 Å². The summed E-state index contributed by atoms with van der Waals surface area (Å²) in [4.78, 5) is 0. The molecule has 0 radical (unpaired) electrons. The number of hydrogen-bond acceptors (Lipinski definition) is 4. The van der Waals surface area contributed by atoms with Crippen LogP contribution in [0.2, 0.25) is 0 Å². The van der Waals surface area contributed by atoms with Crippen LogP contribution in [-0.2, 0) is 4.74 Å². The minimum absolute atomic E-state index is 0.113. The molecule has 2 N–H and O–H groups in total. The molecule has 19 heavy (non-hydrogen) atoms. The Balaban J connectivity index is 1.83. The van der Waals surface area contributed by atoms with Gasteiger partial charge in [0.25, 0.3) is 0 Å². The lowest BCUT2D eigenvalue weighted by atomic mass is 10.1. The molecule has 0 fully saturated rings. The van der Waals surface area contributed by atoms with Gasteiger partial charge in [0, 0.05) is 6.61 Å². The Morgan fingerprint density at radius 3 is 2.79 bits per heavy atom. The van der Waals surface area contributed by atoms with E-state index in [0.717, 1.165) is 30.1 Å². The van der Waals surface area contributed by atoms with E-state index in [4.69, 9.17) is 19.9 Å². The van der Waals surface area contributed by atoms with Crippen LogP contribution < -0.4 is 15.2 Å². The zero-order valence-corrected chi connectivity index (χ0v) is 11.6. The highest BCUT2D eigenvalue weighted by atomic mass is 16.6. The molecule has 0 aromatic heterocycles. The Morgan fingerprint density at radius 1 is 1.21 bits per heavy atom. The van der Waals surface area contributed by atoms with Gasteiger partial charge in [0.05, 0.1) is 12.6 Å². The molecule has 1 aromatic rings. The first kappa shape index (κ1) is 14.2. The minimum atomic E-state index is -0.113. The van der Waals surface area contributed by atoms with Crippen LogP contribution in [0.1, 0.15) is 37.8 Å². The zero-order valence-electron chi connectivity index (χ0n) is 11.6. The number of ether oxygens (including phenoxy) is 3. The molecule has 0 saturated carbocycles. The van der Waals surface area contributed by atoms with Crippen molar-refractivity contribution in [3.05, 3.63) is 23.8 Å². The molecule has 1 unspecified atom stereocenters. The fourth-order valence-electron chi connectivity index (χ4n) is 2.05. The Bertz CT molecular complexity index is 395. The lowest BCUT2D eigenvalue weighted by Crippen LogP contribution is -2.19. The smallest absolute Gasteiger partial charge is 0.161 e. The van der Waals surface area contributed by atoms with Crippen molar-refractivity contribution in [2.24, 2.45) is 5.73 Å². The summed E-state index contributed by atoms with van der Waals surface area (Å²) in [6.45, 7) is 4.72. The predicted molar refractivity (Wildman–Crippen MR) is 74.7 cm³/mol. The van der Waals surface area contributed by atoms with E-state index in [1.165, 1.54) is 12.8 Å². The maximum atomic E-state index is 6.12. The molecule has 4 heteroatoms. The van der Waals surface area contributed by atoms with Gasteiger partial charge in [-0.1, -0.05) is 25.8 Å². The van der Waals surface area contributed by atoms with Crippen molar-refractivity contribution in [1.29, 1.82) is 0 Å². The van der Waals surface area contributed by atoms with Gasteiger partial charge in [-0.15, -0.1) is 0 Å². The largest absolute Gasteiger partial charge is 0.486 e. The van der Waals surface area contributed by atoms with Gasteiger partial charge >= 0.3 is 0 Å². The van der Waals surface area contributed by atoms with Gasteiger partial charge in [-0.05, 0) is 24.1 Å². The number of nitrogens with two attached hydrogens (primary N) is 1. The van der Waals surface area contributed by atoms with Crippen molar-refractivity contribution in [3.63, 3.8) is 0 Å². The number of rotatable bonds is 7. The molecular weight excluding hydrogens is 242 g/mol. The van der Waals surface area contributed by atoms with Crippen LogP contribution in [0.15, 0.2) is 18.2 Å². The second kappa shape index (κ2) is 7.36. The summed E-state index contributed by atoms with van der Waals surface area (Å²) in [5, 5.41) is 0. The summed E-state index contributed by atoms with van der Waals surface area (Å²) in [6.07, 6.45) is 3.52. The molecule has 106 valence electrons. The summed E-state index contributed by atoms with van der Waals surface area (Å²) in [5.41, 5.74) is 7.15. The predicted octanol–water partition coefficient (Wildman–Crippen LogP) is 2.66. The SMILES string of the molecule is CCCCCOCC(N)c1ccc2c(c1)OCCO2. The van der Waals surface area contributed by atoms with Crippen LogP contribution in [0.4, 0.5) is 0 Å². The molecule has 4 nitrogen and oxygen atoms in total. The Labute approximate surface area is 114 Å². The van der Waals surface area contributed by atoms with Crippen LogP contribution >= 0.6 is 0 Å². The molecule has 0 aliphatic carbocycles. The van der Waals surface area contributed by atoms with Gasteiger partial charge in [-0.25, -0.2) is 0 Å². The summed E-state index contributed by atoms with van der Waals surface area (Å²) in [5.74, 6) is 1.58. The van der Waals surface area contributed by atoms with Crippen LogP contribution in [-0.4, -0.2) is 26.4 Å². The molecular formula is C15H23NO3. The van der Waals surface area contributed by atoms with Crippen LogP contribution in [0.25, 0.3) is 0 Å². The molecule has 1 atom stereocenters. The first-order valence-corrected chi connectivity index (χ1v) is 7.04. The highest BCUT2D eigenvalue weighted by Gasteiger charge is 2.14. The number of fused-ring (bicyclic) bond motifs is 1. The second-order valence-corrected chi connectivity index (χ2v) is 4.79. The molecule has 0 bridgehead atoms. The van der Waals surface area contributed by atoms with E-state index in [9.17, 15) is 0 Å². The first-order chi connectivity index (χ1) is 9.31. The van der Waals surface area contributed by atoms with Crippen molar-refractivity contribution >= 4 is 0 Å². The van der Waals surface area contributed by atoms with Crippen molar-refractivity contribution in [2.75, 3.05) is 26.4 Å². The average molecular weight is 265 g/mol. The van der Waals surface area contributed by atoms with E-state index in [2.05, 4.69) is 6.92 Å². The Morgan fingerprint density at radius 2 is 2.00 bits per heavy atom. The Hall–Kier alpha value is -1.26. The highest BCUT2D eigenvalue weighted by Crippen LogP contribution is 2.32. The van der Waals surface area contributed by atoms with Crippen molar-refractivity contribution in [2.45, 2.75) is 32.2 Å². The van der Waals surface area contributed by atoms with E-state index in [0.29, 0.717) is 19.8 Å². The number of benzene rings is 1. The van der Waals surface area contributed by atoms with Crippen LogP contribution in [0, 0.1) is 0 Å².